The summed E-state index contributed by atoms with van der Waals surface area (Å²) in [6.07, 6.45) is -3.87. The van der Waals surface area contributed by atoms with E-state index in [1.807, 2.05) is 18.2 Å². The summed E-state index contributed by atoms with van der Waals surface area (Å²) in [6.45, 7) is -0.886. The van der Waals surface area contributed by atoms with Crippen molar-refractivity contribution in [3.05, 3.63) is 28.2 Å². The highest BCUT2D eigenvalue weighted by Crippen LogP contribution is 2.30. The first-order chi connectivity index (χ1) is 8.94. The van der Waals surface area contributed by atoms with Gasteiger partial charge in [-0.3, -0.25) is 0 Å². The van der Waals surface area contributed by atoms with Crippen molar-refractivity contribution in [2.45, 2.75) is 17.9 Å². The molecule has 0 saturated heterocycles. The monoisotopic (exact) mass is 404 g/mol. The SMILES string of the molecule is FC(F)(F)COCCCOc1c(Br)cccc1CBr. The minimum atomic E-state index is -4.27. The first-order valence-corrected chi connectivity index (χ1v) is 7.46. The van der Waals surface area contributed by atoms with E-state index in [-0.39, 0.29) is 6.61 Å². The molecule has 0 amide bonds. The molecule has 0 radical (unpaired) electrons. The third kappa shape index (κ3) is 6.63. The molecule has 2 nitrogen and oxygen atoms in total. The fraction of sp³-hybridized carbons (Fsp3) is 0.500. The fourth-order valence-corrected chi connectivity index (χ4v) is 2.31. The van der Waals surface area contributed by atoms with E-state index in [2.05, 4.69) is 36.6 Å². The summed E-state index contributed by atoms with van der Waals surface area (Å²) in [5.74, 6) is 0.704. The van der Waals surface area contributed by atoms with Crippen LogP contribution in [-0.2, 0) is 10.1 Å². The topological polar surface area (TPSA) is 18.5 Å². The third-order valence-corrected chi connectivity index (χ3v) is 3.37. The van der Waals surface area contributed by atoms with Gasteiger partial charge in [-0.25, -0.2) is 0 Å². The van der Waals surface area contributed by atoms with Gasteiger partial charge < -0.3 is 9.47 Å². The molecular weight excluding hydrogens is 393 g/mol. The van der Waals surface area contributed by atoms with Crippen molar-refractivity contribution in [2.24, 2.45) is 0 Å². The van der Waals surface area contributed by atoms with Crippen LogP contribution in [0.25, 0.3) is 0 Å². The second-order valence-corrected chi connectivity index (χ2v) is 5.15. The van der Waals surface area contributed by atoms with E-state index >= 15 is 0 Å². The highest BCUT2D eigenvalue weighted by atomic mass is 79.9. The number of ether oxygens (including phenoxy) is 2. The van der Waals surface area contributed by atoms with Gasteiger partial charge in [-0.15, -0.1) is 0 Å². The standard InChI is InChI=1S/C12H13Br2F3O2/c13-7-9-3-1-4-10(14)11(9)19-6-2-5-18-8-12(15,16)17/h1,3-4H,2,5-8H2. The number of hydrogen-bond acceptors (Lipinski definition) is 2. The molecule has 0 atom stereocenters. The van der Waals surface area contributed by atoms with E-state index in [0.29, 0.717) is 24.1 Å². The highest BCUT2D eigenvalue weighted by molar-refractivity contribution is 9.10. The van der Waals surface area contributed by atoms with Crippen LogP contribution in [-0.4, -0.2) is 26.0 Å². The Morgan fingerprint density at radius 3 is 2.53 bits per heavy atom. The van der Waals surface area contributed by atoms with Gasteiger partial charge in [0.1, 0.15) is 12.4 Å². The van der Waals surface area contributed by atoms with Crippen molar-refractivity contribution < 1.29 is 22.6 Å². The maximum Gasteiger partial charge on any atom is 0.411 e. The van der Waals surface area contributed by atoms with Gasteiger partial charge in [0, 0.05) is 17.3 Å². The zero-order valence-electron chi connectivity index (χ0n) is 9.97. The third-order valence-electron chi connectivity index (χ3n) is 2.14. The van der Waals surface area contributed by atoms with Gasteiger partial charge >= 0.3 is 6.18 Å². The zero-order chi connectivity index (χ0) is 14.3. The molecule has 7 heteroatoms. The van der Waals surface area contributed by atoms with Crippen molar-refractivity contribution in [1.29, 1.82) is 0 Å². The predicted octanol–water partition coefficient (Wildman–Crippen LogP) is 4.69. The Labute approximate surface area is 126 Å². The lowest BCUT2D eigenvalue weighted by Gasteiger charge is -2.12. The van der Waals surface area contributed by atoms with Gasteiger partial charge in [0.15, 0.2) is 0 Å². The van der Waals surface area contributed by atoms with Crippen molar-refractivity contribution in [2.75, 3.05) is 19.8 Å². The Balaban J connectivity index is 2.30. The number of alkyl halides is 4. The molecular formula is C12H13Br2F3O2. The molecule has 19 heavy (non-hydrogen) atoms. The van der Waals surface area contributed by atoms with Gasteiger partial charge in [0.05, 0.1) is 17.7 Å². The minimum absolute atomic E-state index is 0.0214. The van der Waals surface area contributed by atoms with Crippen LogP contribution in [0.15, 0.2) is 22.7 Å². The average Bonchev–Trinajstić information content (AvgIpc) is 2.33. The van der Waals surface area contributed by atoms with Crippen molar-refractivity contribution >= 4 is 31.9 Å². The van der Waals surface area contributed by atoms with E-state index in [9.17, 15) is 13.2 Å². The summed E-state index contributed by atoms with van der Waals surface area (Å²) in [6, 6.07) is 5.65. The Morgan fingerprint density at radius 1 is 1.16 bits per heavy atom. The van der Waals surface area contributed by atoms with Crippen LogP contribution in [0.1, 0.15) is 12.0 Å². The van der Waals surface area contributed by atoms with Crippen molar-refractivity contribution in [3.8, 4) is 5.75 Å². The Kier molecular flexibility index (Phi) is 7.17. The van der Waals surface area contributed by atoms with Crippen molar-refractivity contribution in [3.63, 3.8) is 0 Å². The van der Waals surface area contributed by atoms with E-state index in [1.54, 1.807) is 0 Å². The fourth-order valence-electron chi connectivity index (χ4n) is 1.34. The number of benzene rings is 1. The summed E-state index contributed by atoms with van der Waals surface area (Å²) in [4.78, 5) is 0. The second kappa shape index (κ2) is 8.11. The lowest BCUT2D eigenvalue weighted by atomic mass is 10.2. The van der Waals surface area contributed by atoms with Crippen molar-refractivity contribution in [1.82, 2.24) is 0 Å². The first-order valence-electron chi connectivity index (χ1n) is 5.54. The molecule has 0 aliphatic heterocycles. The van der Waals surface area contributed by atoms with Gasteiger partial charge in [-0.05, 0) is 22.0 Å². The Bertz CT molecular complexity index is 397. The van der Waals surface area contributed by atoms with Crippen LogP contribution in [0, 0.1) is 0 Å². The molecule has 0 aromatic heterocycles. The largest absolute Gasteiger partial charge is 0.492 e. The lowest BCUT2D eigenvalue weighted by Crippen LogP contribution is -2.18. The molecule has 0 unspecified atom stereocenters. The van der Waals surface area contributed by atoms with Gasteiger partial charge in [0.25, 0.3) is 0 Å². The number of halogens is 5. The summed E-state index contributed by atoms with van der Waals surface area (Å²) in [5, 5.41) is 0.645. The molecule has 0 N–H and O–H groups in total. The highest BCUT2D eigenvalue weighted by Gasteiger charge is 2.27. The maximum absolute atomic E-state index is 11.8. The second-order valence-electron chi connectivity index (χ2n) is 3.73. The van der Waals surface area contributed by atoms with E-state index in [0.717, 1.165) is 10.0 Å². The molecule has 0 saturated carbocycles. The minimum Gasteiger partial charge on any atom is -0.492 e. The Morgan fingerprint density at radius 2 is 1.89 bits per heavy atom. The summed E-state index contributed by atoms with van der Waals surface area (Å²) < 4.78 is 46.3. The summed E-state index contributed by atoms with van der Waals surface area (Å²) in [7, 11) is 0. The maximum atomic E-state index is 11.8. The van der Waals surface area contributed by atoms with Crippen LogP contribution in [0.4, 0.5) is 13.2 Å². The molecule has 1 aromatic rings. The number of hydrogen-bond donors (Lipinski definition) is 0. The number of rotatable bonds is 7. The van der Waals surface area contributed by atoms with Crippen LogP contribution in [0.2, 0.25) is 0 Å². The van der Waals surface area contributed by atoms with E-state index < -0.39 is 12.8 Å². The summed E-state index contributed by atoms with van der Waals surface area (Å²) >= 11 is 6.72. The lowest BCUT2D eigenvalue weighted by molar-refractivity contribution is -0.174. The van der Waals surface area contributed by atoms with E-state index in [1.165, 1.54) is 0 Å². The first kappa shape index (κ1) is 16.8. The quantitative estimate of drug-likeness (QED) is 0.483. The molecule has 108 valence electrons. The van der Waals surface area contributed by atoms with Crippen LogP contribution < -0.4 is 4.74 Å². The zero-order valence-corrected chi connectivity index (χ0v) is 13.1. The smallest absolute Gasteiger partial charge is 0.411 e. The summed E-state index contributed by atoms with van der Waals surface area (Å²) in [5.41, 5.74) is 0.977. The number of para-hydroxylation sites is 1. The average molecular weight is 406 g/mol. The van der Waals surface area contributed by atoms with Gasteiger partial charge in [-0.2, -0.15) is 13.2 Å². The van der Waals surface area contributed by atoms with Gasteiger partial charge in [-0.1, -0.05) is 28.1 Å². The molecule has 0 spiro atoms. The van der Waals surface area contributed by atoms with Crippen LogP contribution in [0.3, 0.4) is 0 Å². The molecule has 1 aromatic carbocycles. The molecule has 0 bridgehead atoms. The van der Waals surface area contributed by atoms with Gasteiger partial charge in [0.2, 0.25) is 0 Å². The molecule has 0 aliphatic rings. The normalized spacial score (nSPS) is 11.6. The Hall–Kier alpha value is -0.270. The molecule has 0 heterocycles. The van der Waals surface area contributed by atoms with Crippen LogP contribution >= 0.6 is 31.9 Å². The molecule has 0 fully saturated rings. The van der Waals surface area contributed by atoms with Crippen LogP contribution in [0.5, 0.6) is 5.75 Å². The van der Waals surface area contributed by atoms with E-state index in [4.69, 9.17) is 4.74 Å². The predicted molar refractivity (Wildman–Crippen MR) is 73.8 cm³/mol. The molecule has 0 aliphatic carbocycles. The molecule has 1 rings (SSSR count).